The Labute approximate surface area is 111 Å². The van der Waals surface area contributed by atoms with E-state index in [0.717, 1.165) is 0 Å². The van der Waals surface area contributed by atoms with E-state index in [1.54, 1.807) is 25.2 Å². The van der Waals surface area contributed by atoms with E-state index in [9.17, 15) is 9.59 Å². The molecule has 0 spiro atoms. The van der Waals surface area contributed by atoms with E-state index in [-0.39, 0.29) is 11.8 Å². The molecule has 0 aliphatic carbocycles. The lowest BCUT2D eigenvalue weighted by Crippen LogP contribution is -2.18. The minimum absolute atomic E-state index is 0.112. The van der Waals surface area contributed by atoms with Crippen molar-refractivity contribution < 1.29 is 9.59 Å². The highest BCUT2D eigenvalue weighted by Gasteiger charge is 2.06. The average Bonchev–Trinajstić information content (AvgIpc) is 2.29. The van der Waals surface area contributed by atoms with Crippen LogP contribution in [-0.4, -0.2) is 25.4 Å². The molecular formula is C12H16ClN3O2. The number of nitrogens with one attached hydrogen (secondary N) is 3. The molecule has 1 rings (SSSR count). The van der Waals surface area contributed by atoms with E-state index in [2.05, 4.69) is 16.0 Å². The molecule has 0 heterocycles. The van der Waals surface area contributed by atoms with Crippen LogP contribution in [0.3, 0.4) is 0 Å². The van der Waals surface area contributed by atoms with Crippen molar-refractivity contribution in [2.75, 3.05) is 24.2 Å². The van der Waals surface area contributed by atoms with Crippen molar-refractivity contribution in [3.63, 3.8) is 0 Å². The summed E-state index contributed by atoms with van der Waals surface area (Å²) in [7, 11) is 1.78. The second-order valence-electron chi connectivity index (χ2n) is 3.78. The summed E-state index contributed by atoms with van der Waals surface area (Å²) in [6, 6.07) is 4.93. The molecule has 0 radical (unpaired) electrons. The average molecular weight is 270 g/mol. The highest BCUT2D eigenvalue weighted by Crippen LogP contribution is 2.25. The first kappa shape index (κ1) is 14.5. The number of carbonyl (C=O) groups excluding carboxylic acids is 2. The van der Waals surface area contributed by atoms with E-state index in [1.807, 2.05) is 0 Å². The Hall–Kier alpha value is -1.59. The van der Waals surface area contributed by atoms with Gasteiger partial charge in [0.15, 0.2) is 0 Å². The second-order valence-corrected chi connectivity index (χ2v) is 4.18. The summed E-state index contributed by atoms with van der Waals surface area (Å²) in [5.74, 6) is -0.282. The number of hydrogen-bond acceptors (Lipinski definition) is 3. The van der Waals surface area contributed by atoms with E-state index in [4.69, 9.17) is 11.6 Å². The normalized spacial score (nSPS) is 9.94. The molecule has 0 unspecified atom stereocenters. The van der Waals surface area contributed by atoms with Gasteiger partial charge in [0, 0.05) is 25.6 Å². The predicted molar refractivity (Wildman–Crippen MR) is 72.9 cm³/mol. The number of amides is 2. The molecule has 98 valence electrons. The SMILES string of the molecule is CNCCC(=O)Nc1ccc(NC(C)=O)cc1Cl. The zero-order valence-electron chi connectivity index (χ0n) is 10.3. The minimum atomic E-state index is -0.170. The fourth-order valence-corrected chi connectivity index (χ4v) is 1.58. The van der Waals surface area contributed by atoms with Crippen LogP contribution in [0.1, 0.15) is 13.3 Å². The Morgan fingerprint density at radius 2 is 2.00 bits per heavy atom. The van der Waals surface area contributed by atoms with Crippen molar-refractivity contribution in [1.29, 1.82) is 0 Å². The van der Waals surface area contributed by atoms with Gasteiger partial charge >= 0.3 is 0 Å². The molecule has 0 bridgehead atoms. The van der Waals surface area contributed by atoms with Crippen molar-refractivity contribution in [2.24, 2.45) is 0 Å². The van der Waals surface area contributed by atoms with Gasteiger partial charge in [-0.25, -0.2) is 0 Å². The smallest absolute Gasteiger partial charge is 0.225 e. The minimum Gasteiger partial charge on any atom is -0.326 e. The summed E-state index contributed by atoms with van der Waals surface area (Å²) >= 11 is 6.01. The molecule has 0 aromatic heterocycles. The van der Waals surface area contributed by atoms with Crippen LogP contribution < -0.4 is 16.0 Å². The van der Waals surface area contributed by atoms with Crippen molar-refractivity contribution in [3.8, 4) is 0 Å². The zero-order valence-corrected chi connectivity index (χ0v) is 11.1. The molecule has 0 aliphatic heterocycles. The van der Waals surface area contributed by atoms with Gasteiger partial charge in [-0.3, -0.25) is 9.59 Å². The van der Waals surface area contributed by atoms with E-state index in [1.165, 1.54) is 6.92 Å². The zero-order chi connectivity index (χ0) is 13.5. The molecule has 1 aromatic rings. The summed E-state index contributed by atoms with van der Waals surface area (Å²) in [5.41, 5.74) is 1.13. The third-order valence-corrected chi connectivity index (χ3v) is 2.48. The van der Waals surface area contributed by atoms with Crippen LogP contribution in [0.4, 0.5) is 11.4 Å². The first-order valence-electron chi connectivity index (χ1n) is 5.54. The fourth-order valence-electron chi connectivity index (χ4n) is 1.35. The lowest BCUT2D eigenvalue weighted by molar-refractivity contribution is -0.116. The number of benzene rings is 1. The molecule has 0 aliphatic rings. The topological polar surface area (TPSA) is 70.2 Å². The molecule has 2 amide bonds. The van der Waals surface area contributed by atoms with Crippen molar-refractivity contribution in [1.82, 2.24) is 5.32 Å². The third-order valence-electron chi connectivity index (χ3n) is 2.17. The maximum atomic E-state index is 11.5. The largest absolute Gasteiger partial charge is 0.326 e. The summed E-state index contributed by atoms with van der Waals surface area (Å²) in [4.78, 5) is 22.4. The maximum Gasteiger partial charge on any atom is 0.225 e. The van der Waals surface area contributed by atoms with E-state index >= 15 is 0 Å². The number of hydrogen-bond donors (Lipinski definition) is 3. The fraction of sp³-hybridized carbons (Fsp3) is 0.333. The first-order valence-corrected chi connectivity index (χ1v) is 5.92. The van der Waals surface area contributed by atoms with Gasteiger partial charge < -0.3 is 16.0 Å². The van der Waals surface area contributed by atoms with Crippen LogP contribution in [0.25, 0.3) is 0 Å². The van der Waals surface area contributed by atoms with Crippen LogP contribution in [0.5, 0.6) is 0 Å². The molecule has 1 aromatic carbocycles. The Bertz CT molecular complexity index is 449. The quantitative estimate of drug-likeness (QED) is 0.764. The van der Waals surface area contributed by atoms with Gasteiger partial charge in [-0.2, -0.15) is 0 Å². The third kappa shape index (κ3) is 4.73. The number of anilines is 2. The monoisotopic (exact) mass is 269 g/mol. The summed E-state index contributed by atoms with van der Waals surface area (Å²) in [6.07, 6.45) is 0.375. The van der Waals surface area contributed by atoms with Crippen molar-refractivity contribution >= 4 is 34.8 Å². The highest BCUT2D eigenvalue weighted by molar-refractivity contribution is 6.34. The summed E-state index contributed by atoms with van der Waals surface area (Å²) < 4.78 is 0. The summed E-state index contributed by atoms with van der Waals surface area (Å²) in [6.45, 7) is 2.02. The number of halogens is 1. The molecule has 0 fully saturated rings. The van der Waals surface area contributed by atoms with Gasteiger partial charge in [-0.1, -0.05) is 11.6 Å². The van der Waals surface area contributed by atoms with Crippen LogP contribution in [0.2, 0.25) is 5.02 Å². The molecule has 18 heavy (non-hydrogen) atoms. The lowest BCUT2D eigenvalue weighted by Gasteiger charge is -2.09. The number of carbonyl (C=O) groups is 2. The van der Waals surface area contributed by atoms with Gasteiger partial charge in [0.1, 0.15) is 0 Å². The molecule has 3 N–H and O–H groups in total. The standard InChI is InChI=1S/C12H16ClN3O2/c1-8(17)15-9-3-4-11(10(13)7-9)16-12(18)5-6-14-2/h3-4,7,14H,5-6H2,1-2H3,(H,15,17)(H,16,18). The predicted octanol–water partition coefficient (Wildman–Crippen LogP) is 1.85. The van der Waals surface area contributed by atoms with Gasteiger partial charge in [0.05, 0.1) is 10.7 Å². The van der Waals surface area contributed by atoms with Crippen molar-refractivity contribution in [3.05, 3.63) is 23.2 Å². The Morgan fingerprint density at radius 1 is 1.28 bits per heavy atom. The second kappa shape index (κ2) is 6.98. The molecule has 5 nitrogen and oxygen atoms in total. The summed E-state index contributed by atoms with van der Waals surface area (Å²) in [5, 5.41) is 8.59. The van der Waals surface area contributed by atoms with Crippen molar-refractivity contribution in [2.45, 2.75) is 13.3 Å². The molecule has 0 atom stereocenters. The van der Waals surface area contributed by atoms with E-state index in [0.29, 0.717) is 29.4 Å². The van der Waals surface area contributed by atoms with Gasteiger partial charge in [0.25, 0.3) is 0 Å². The lowest BCUT2D eigenvalue weighted by atomic mass is 10.2. The molecule has 0 saturated carbocycles. The van der Waals surface area contributed by atoms with Gasteiger partial charge in [0.2, 0.25) is 11.8 Å². The van der Waals surface area contributed by atoms with Crippen LogP contribution in [0, 0.1) is 0 Å². The van der Waals surface area contributed by atoms with Crippen LogP contribution in [-0.2, 0) is 9.59 Å². The van der Waals surface area contributed by atoms with Crippen LogP contribution >= 0.6 is 11.6 Å². The number of rotatable bonds is 5. The van der Waals surface area contributed by atoms with Crippen LogP contribution in [0.15, 0.2) is 18.2 Å². The van der Waals surface area contributed by atoms with Gasteiger partial charge in [-0.15, -0.1) is 0 Å². The Kier molecular flexibility index (Phi) is 5.61. The first-order chi connectivity index (χ1) is 8.52. The maximum absolute atomic E-state index is 11.5. The van der Waals surface area contributed by atoms with Gasteiger partial charge in [-0.05, 0) is 25.2 Å². The Balaban J connectivity index is 2.67. The molecule has 0 saturated heterocycles. The van der Waals surface area contributed by atoms with E-state index < -0.39 is 0 Å². The molecule has 6 heteroatoms. The molecular weight excluding hydrogens is 254 g/mol. The highest BCUT2D eigenvalue weighted by atomic mass is 35.5. The Morgan fingerprint density at radius 3 is 2.56 bits per heavy atom.